The number of allylic oxidation sites excluding steroid dienone is 1. The molecule has 1 heterocycles. The molecular weight excluding hydrogens is 280 g/mol. The standard InChI is InChI=1S/C17H26N2O3/c1-5-22-16(20)17(2,3)8-9-19-11-14-10-13(12-21-4)6-7-15(14)18-19/h11-12H,5-10H2,1-4H3/b13-12+. The van der Waals surface area contributed by atoms with Crippen LogP contribution in [-0.4, -0.2) is 29.5 Å². The fourth-order valence-electron chi connectivity index (χ4n) is 2.68. The molecule has 0 aromatic carbocycles. The van der Waals surface area contributed by atoms with Gasteiger partial charge in [0, 0.05) is 19.2 Å². The maximum atomic E-state index is 11.9. The van der Waals surface area contributed by atoms with Crippen molar-refractivity contribution >= 4 is 5.97 Å². The normalized spacial score (nSPS) is 16.5. The molecule has 0 saturated heterocycles. The number of rotatable bonds is 6. The zero-order chi connectivity index (χ0) is 16.2. The van der Waals surface area contributed by atoms with Crippen LogP contribution in [0.3, 0.4) is 0 Å². The van der Waals surface area contributed by atoms with Gasteiger partial charge in [-0.25, -0.2) is 0 Å². The van der Waals surface area contributed by atoms with Crippen molar-refractivity contribution in [3.05, 3.63) is 29.3 Å². The molecular formula is C17H26N2O3. The summed E-state index contributed by atoms with van der Waals surface area (Å²) in [6.45, 7) is 6.83. The Morgan fingerprint density at radius 1 is 1.45 bits per heavy atom. The van der Waals surface area contributed by atoms with Crippen molar-refractivity contribution in [3.63, 3.8) is 0 Å². The highest BCUT2D eigenvalue weighted by Crippen LogP contribution is 2.26. The third-order valence-electron chi connectivity index (χ3n) is 4.10. The smallest absolute Gasteiger partial charge is 0.311 e. The predicted molar refractivity (Wildman–Crippen MR) is 84.4 cm³/mol. The van der Waals surface area contributed by atoms with Gasteiger partial charge in [-0.1, -0.05) is 0 Å². The van der Waals surface area contributed by atoms with Gasteiger partial charge in [0.1, 0.15) is 0 Å². The molecule has 0 aliphatic heterocycles. The van der Waals surface area contributed by atoms with Crippen LogP contribution in [0.5, 0.6) is 0 Å². The number of fused-ring (bicyclic) bond motifs is 1. The van der Waals surface area contributed by atoms with Crippen molar-refractivity contribution < 1.29 is 14.3 Å². The number of carbonyl (C=O) groups is 1. The van der Waals surface area contributed by atoms with Crippen molar-refractivity contribution in [1.82, 2.24) is 9.78 Å². The van der Waals surface area contributed by atoms with Crippen molar-refractivity contribution in [1.29, 1.82) is 0 Å². The fraction of sp³-hybridized carbons (Fsp3) is 0.647. The Kier molecular flexibility index (Phi) is 5.27. The largest absolute Gasteiger partial charge is 0.504 e. The Morgan fingerprint density at radius 2 is 2.23 bits per heavy atom. The fourth-order valence-corrected chi connectivity index (χ4v) is 2.68. The molecule has 1 aromatic heterocycles. The summed E-state index contributed by atoms with van der Waals surface area (Å²) >= 11 is 0. The minimum Gasteiger partial charge on any atom is -0.504 e. The van der Waals surface area contributed by atoms with Crippen LogP contribution in [0.2, 0.25) is 0 Å². The molecule has 0 bridgehead atoms. The lowest BCUT2D eigenvalue weighted by Crippen LogP contribution is -2.28. The molecule has 0 unspecified atom stereocenters. The molecule has 22 heavy (non-hydrogen) atoms. The summed E-state index contributed by atoms with van der Waals surface area (Å²) in [5, 5.41) is 4.65. The molecule has 1 aromatic rings. The summed E-state index contributed by atoms with van der Waals surface area (Å²) in [5.74, 6) is -0.141. The first-order valence-electron chi connectivity index (χ1n) is 7.89. The van der Waals surface area contributed by atoms with Crippen LogP contribution in [0.15, 0.2) is 18.0 Å². The summed E-state index contributed by atoms with van der Waals surface area (Å²) in [6.07, 6.45) is 7.52. The van der Waals surface area contributed by atoms with Gasteiger partial charge in [-0.05, 0) is 51.2 Å². The molecule has 1 aliphatic carbocycles. The highest BCUT2D eigenvalue weighted by Gasteiger charge is 2.29. The van der Waals surface area contributed by atoms with Gasteiger partial charge in [0.15, 0.2) is 0 Å². The van der Waals surface area contributed by atoms with Crippen molar-refractivity contribution in [2.24, 2.45) is 5.41 Å². The van der Waals surface area contributed by atoms with Crippen LogP contribution in [0.25, 0.3) is 0 Å². The molecule has 122 valence electrons. The lowest BCUT2D eigenvalue weighted by atomic mass is 9.89. The number of aryl methyl sites for hydroxylation is 2. The summed E-state index contributed by atoms with van der Waals surface area (Å²) < 4.78 is 12.2. The maximum absolute atomic E-state index is 11.9. The Morgan fingerprint density at radius 3 is 2.91 bits per heavy atom. The predicted octanol–water partition coefficient (Wildman–Crippen LogP) is 2.88. The summed E-state index contributed by atoms with van der Waals surface area (Å²) in [4.78, 5) is 11.9. The van der Waals surface area contributed by atoms with Gasteiger partial charge in [-0.15, -0.1) is 0 Å². The summed E-state index contributed by atoms with van der Waals surface area (Å²) in [5.41, 5.74) is 3.26. The highest BCUT2D eigenvalue weighted by molar-refractivity contribution is 5.75. The van der Waals surface area contributed by atoms with E-state index in [4.69, 9.17) is 9.47 Å². The number of hydrogen-bond donors (Lipinski definition) is 0. The number of hydrogen-bond acceptors (Lipinski definition) is 4. The van der Waals surface area contributed by atoms with E-state index in [1.54, 1.807) is 7.11 Å². The second kappa shape index (κ2) is 6.99. The molecule has 0 spiro atoms. The first-order chi connectivity index (χ1) is 10.5. The van der Waals surface area contributed by atoms with Gasteiger partial charge in [0.2, 0.25) is 0 Å². The van der Waals surface area contributed by atoms with Crippen LogP contribution in [0.1, 0.15) is 44.9 Å². The van der Waals surface area contributed by atoms with Crippen LogP contribution < -0.4 is 0 Å². The molecule has 0 atom stereocenters. The molecule has 0 N–H and O–H groups in total. The Labute approximate surface area is 132 Å². The van der Waals surface area contributed by atoms with Crippen molar-refractivity contribution in [3.8, 4) is 0 Å². The van der Waals surface area contributed by atoms with E-state index in [-0.39, 0.29) is 5.97 Å². The first kappa shape index (κ1) is 16.6. The SMILES string of the molecule is CCOC(=O)C(C)(C)CCn1cc2c(n1)CC/C(=C\OC)C2. The number of ether oxygens (including phenoxy) is 2. The number of esters is 1. The average Bonchev–Trinajstić information content (AvgIpc) is 2.88. The quantitative estimate of drug-likeness (QED) is 0.599. The minimum atomic E-state index is -0.483. The summed E-state index contributed by atoms with van der Waals surface area (Å²) in [6, 6.07) is 0. The second-order valence-electron chi connectivity index (χ2n) is 6.41. The lowest BCUT2D eigenvalue weighted by molar-refractivity contribution is -0.153. The number of aromatic nitrogens is 2. The zero-order valence-corrected chi connectivity index (χ0v) is 14.0. The van der Waals surface area contributed by atoms with Gasteiger partial charge in [0.25, 0.3) is 0 Å². The van der Waals surface area contributed by atoms with Crippen LogP contribution >= 0.6 is 0 Å². The third-order valence-corrected chi connectivity index (χ3v) is 4.10. The first-order valence-corrected chi connectivity index (χ1v) is 7.89. The van der Waals surface area contributed by atoms with Crippen LogP contribution in [-0.2, 0) is 33.7 Å². The molecule has 0 amide bonds. The highest BCUT2D eigenvalue weighted by atomic mass is 16.5. The Balaban J connectivity index is 1.98. The van der Waals surface area contributed by atoms with Crippen molar-refractivity contribution in [2.45, 2.75) is 53.0 Å². The van der Waals surface area contributed by atoms with E-state index in [1.165, 1.54) is 16.8 Å². The minimum absolute atomic E-state index is 0.141. The van der Waals surface area contributed by atoms with Crippen LogP contribution in [0, 0.1) is 5.41 Å². The van der Waals surface area contributed by atoms with E-state index in [0.717, 1.165) is 25.8 Å². The van der Waals surface area contributed by atoms with Gasteiger partial charge in [0.05, 0.1) is 31.1 Å². The third kappa shape index (κ3) is 3.90. The van der Waals surface area contributed by atoms with Gasteiger partial charge in [-0.2, -0.15) is 5.10 Å². The van der Waals surface area contributed by atoms with Crippen LogP contribution in [0.4, 0.5) is 0 Å². The monoisotopic (exact) mass is 306 g/mol. The Hall–Kier alpha value is -1.78. The zero-order valence-electron chi connectivity index (χ0n) is 14.0. The molecule has 0 saturated carbocycles. The molecule has 2 rings (SSSR count). The molecule has 1 aliphatic rings. The van der Waals surface area contributed by atoms with E-state index in [1.807, 2.05) is 31.7 Å². The molecule has 0 radical (unpaired) electrons. The molecule has 5 heteroatoms. The second-order valence-corrected chi connectivity index (χ2v) is 6.41. The molecule has 0 fully saturated rings. The maximum Gasteiger partial charge on any atom is 0.311 e. The number of nitrogens with zero attached hydrogens (tertiary/aromatic N) is 2. The lowest BCUT2D eigenvalue weighted by Gasteiger charge is -2.21. The summed E-state index contributed by atoms with van der Waals surface area (Å²) in [7, 11) is 1.68. The number of methoxy groups -OCH3 is 1. The van der Waals surface area contributed by atoms with Gasteiger partial charge >= 0.3 is 5.97 Å². The van der Waals surface area contributed by atoms with E-state index in [2.05, 4.69) is 11.3 Å². The average molecular weight is 306 g/mol. The van der Waals surface area contributed by atoms with E-state index < -0.39 is 5.41 Å². The van der Waals surface area contributed by atoms with Crippen molar-refractivity contribution in [2.75, 3.05) is 13.7 Å². The van der Waals surface area contributed by atoms with E-state index in [9.17, 15) is 4.79 Å². The van der Waals surface area contributed by atoms with E-state index in [0.29, 0.717) is 13.0 Å². The number of carbonyl (C=O) groups excluding carboxylic acids is 1. The van der Waals surface area contributed by atoms with E-state index >= 15 is 0 Å². The topological polar surface area (TPSA) is 53.4 Å². The van der Waals surface area contributed by atoms with Gasteiger partial charge < -0.3 is 9.47 Å². The molecule has 5 nitrogen and oxygen atoms in total. The Bertz CT molecular complexity index is 558. The van der Waals surface area contributed by atoms with Gasteiger partial charge in [-0.3, -0.25) is 9.48 Å².